The number of nitrogens with two attached hydrogens (primary N) is 1. The molecule has 0 fully saturated rings. The zero-order valence-electron chi connectivity index (χ0n) is 10.9. The van der Waals surface area contributed by atoms with Gasteiger partial charge in [-0.15, -0.1) is 0 Å². The van der Waals surface area contributed by atoms with Gasteiger partial charge in [-0.1, -0.05) is 6.07 Å². The van der Waals surface area contributed by atoms with Gasteiger partial charge in [-0.2, -0.15) is 0 Å². The Balaban J connectivity index is 1.78. The lowest BCUT2D eigenvalue weighted by Gasteiger charge is -2.10. The topological polar surface area (TPSA) is 79.5 Å². The molecule has 1 aromatic heterocycles. The molecule has 4 rings (SSSR count). The van der Waals surface area contributed by atoms with Gasteiger partial charge < -0.3 is 19.9 Å². The zero-order chi connectivity index (χ0) is 14.2. The predicted molar refractivity (Wildman–Crippen MR) is 76.6 cm³/mol. The van der Waals surface area contributed by atoms with E-state index in [1.807, 2.05) is 30.3 Å². The van der Waals surface area contributed by atoms with Crippen LogP contribution in [0.25, 0.3) is 10.9 Å². The van der Waals surface area contributed by atoms with Crippen molar-refractivity contribution in [2.45, 2.75) is 0 Å². The number of aromatic nitrogens is 2. The van der Waals surface area contributed by atoms with Crippen LogP contribution in [0.3, 0.4) is 0 Å². The molecule has 104 valence electrons. The Morgan fingerprint density at radius 1 is 1.05 bits per heavy atom. The minimum atomic E-state index is 0.230. The van der Waals surface area contributed by atoms with Gasteiger partial charge in [-0.3, -0.25) is 0 Å². The smallest absolute Gasteiger partial charge is 0.231 e. The molecule has 0 bridgehead atoms. The van der Waals surface area contributed by atoms with Gasteiger partial charge >= 0.3 is 0 Å². The summed E-state index contributed by atoms with van der Waals surface area (Å²) in [4.78, 5) is 8.20. The van der Waals surface area contributed by atoms with Gasteiger partial charge in [0.25, 0.3) is 0 Å². The van der Waals surface area contributed by atoms with Gasteiger partial charge in [0.15, 0.2) is 11.5 Å². The number of nitrogen functional groups attached to an aromatic ring is 1. The Kier molecular flexibility index (Phi) is 2.53. The van der Waals surface area contributed by atoms with Crippen LogP contribution >= 0.6 is 0 Å². The van der Waals surface area contributed by atoms with Crippen LogP contribution in [-0.2, 0) is 0 Å². The highest BCUT2D eigenvalue weighted by molar-refractivity contribution is 5.93. The Morgan fingerprint density at radius 3 is 2.90 bits per heavy atom. The number of benzene rings is 2. The average molecular weight is 281 g/mol. The highest BCUT2D eigenvalue weighted by atomic mass is 16.7. The molecule has 2 N–H and O–H groups in total. The molecule has 2 aromatic carbocycles. The summed E-state index contributed by atoms with van der Waals surface area (Å²) in [6, 6.07) is 10.9. The molecule has 0 atom stereocenters. The van der Waals surface area contributed by atoms with Gasteiger partial charge in [0.2, 0.25) is 6.79 Å². The second-order valence-corrected chi connectivity index (χ2v) is 4.53. The van der Waals surface area contributed by atoms with E-state index in [1.165, 1.54) is 6.33 Å². The number of hydrogen-bond acceptors (Lipinski definition) is 6. The van der Waals surface area contributed by atoms with Crippen molar-refractivity contribution in [1.82, 2.24) is 9.97 Å². The van der Waals surface area contributed by atoms with Crippen molar-refractivity contribution in [3.63, 3.8) is 0 Å². The van der Waals surface area contributed by atoms with Crippen LogP contribution in [0.4, 0.5) is 5.82 Å². The highest BCUT2D eigenvalue weighted by Gasteiger charge is 2.15. The molecule has 0 aliphatic carbocycles. The Morgan fingerprint density at radius 2 is 1.95 bits per heavy atom. The van der Waals surface area contributed by atoms with Gasteiger partial charge in [-0.25, -0.2) is 9.97 Å². The lowest BCUT2D eigenvalue weighted by molar-refractivity contribution is 0.174. The van der Waals surface area contributed by atoms with Crippen molar-refractivity contribution in [1.29, 1.82) is 0 Å². The molecular weight excluding hydrogens is 270 g/mol. The summed E-state index contributed by atoms with van der Waals surface area (Å²) >= 11 is 0. The molecule has 1 aliphatic rings. The average Bonchev–Trinajstić information content (AvgIpc) is 2.95. The number of ether oxygens (including phenoxy) is 3. The van der Waals surface area contributed by atoms with Crippen molar-refractivity contribution >= 4 is 16.7 Å². The van der Waals surface area contributed by atoms with Crippen LogP contribution in [0.15, 0.2) is 42.7 Å². The van der Waals surface area contributed by atoms with Crippen LogP contribution in [0.2, 0.25) is 0 Å². The van der Waals surface area contributed by atoms with E-state index in [1.54, 1.807) is 6.07 Å². The molecule has 21 heavy (non-hydrogen) atoms. The van der Waals surface area contributed by atoms with E-state index >= 15 is 0 Å². The van der Waals surface area contributed by atoms with Gasteiger partial charge in [0.05, 0.1) is 10.9 Å². The van der Waals surface area contributed by atoms with Crippen molar-refractivity contribution in [2.75, 3.05) is 12.5 Å². The van der Waals surface area contributed by atoms with Gasteiger partial charge in [-0.05, 0) is 24.3 Å². The van der Waals surface area contributed by atoms with E-state index < -0.39 is 0 Å². The fourth-order valence-corrected chi connectivity index (χ4v) is 2.25. The minimum Gasteiger partial charge on any atom is -0.456 e. The van der Waals surface area contributed by atoms with Crippen LogP contribution in [0, 0.1) is 0 Å². The molecule has 6 heteroatoms. The monoisotopic (exact) mass is 281 g/mol. The SMILES string of the molecule is Nc1ncnc2cccc(Oc3ccc4c(c3)OCO4)c12. The number of fused-ring (bicyclic) bond motifs is 2. The molecule has 0 unspecified atom stereocenters. The summed E-state index contributed by atoms with van der Waals surface area (Å²) in [5.74, 6) is 3.00. The Labute approximate surface area is 120 Å². The molecule has 6 nitrogen and oxygen atoms in total. The van der Waals surface area contributed by atoms with E-state index in [-0.39, 0.29) is 6.79 Å². The second kappa shape index (κ2) is 4.52. The Bertz CT molecular complexity index is 830. The molecule has 2 heterocycles. The lowest BCUT2D eigenvalue weighted by atomic mass is 10.2. The fourth-order valence-electron chi connectivity index (χ4n) is 2.25. The zero-order valence-corrected chi connectivity index (χ0v) is 10.9. The van der Waals surface area contributed by atoms with Crippen molar-refractivity contribution in [3.05, 3.63) is 42.7 Å². The van der Waals surface area contributed by atoms with Crippen molar-refractivity contribution in [2.24, 2.45) is 0 Å². The van der Waals surface area contributed by atoms with E-state index in [9.17, 15) is 0 Å². The maximum Gasteiger partial charge on any atom is 0.231 e. The lowest BCUT2D eigenvalue weighted by Crippen LogP contribution is -1.95. The first-order valence-electron chi connectivity index (χ1n) is 6.38. The summed E-state index contributed by atoms with van der Waals surface area (Å²) in [5, 5.41) is 0.692. The van der Waals surface area contributed by atoms with Gasteiger partial charge in [0.1, 0.15) is 23.6 Å². The molecule has 0 saturated heterocycles. The van der Waals surface area contributed by atoms with E-state index in [0.717, 1.165) is 5.52 Å². The molecule has 0 saturated carbocycles. The van der Waals surface area contributed by atoms with Crippen LogP contribution in [0.1, 0.15) is 0 Å². The van der Waals surface area contributed by atoms with Crippen LogP contribution < -0.4 is 19.9 Å². The summed E-state index contributed by atoms with van der Waals surface area (Å²) in [6.07, 6.45) is 1.43. The number of rotatable bonds is 2. The van der Waals surface area contributed by atoms with Gasteiger partial charge in [0, 0.05) is 6.07 Å². The molecule has 0 spiro atoms. The highest BCUT2D eigenvalue weighted by Crippen LogP contribution is 2.38. The van der Waals surface area contributed by atoms with Crippen LogP contribution in [0.5, 0.6) is 23.0 Å². The standard InChI is InChI=1S/C15H11N3O3/c16-15-14-10(17-7-18-15)2-1-3-12(14)21-9-4-5-11-13(6-9)20-8-19-11/h1-7H,8H2,(H2,16,17,18). The second-order valence-electron chi connectivity index (χ2n) is 4.53. The largest absolute Gasteiger partial charge is 0.456 e. The van der Waals surface area contributed by atoms with Crippen molar-refractivity contribution < 1.29 is 14.2 Å². The normalized spacial score (nSPS) is 12.6. The first-order chi connectivity index (χ1) is 10.3. The number of anilines is 1. The third kappa shape index (κ3) is 1.97. The molecule has 3 aromatic rings. The van der Waals surface area contributed by atoms with Crippen molar-refractivity contribution in [3.8, 4) is 23.0 Å². The predicted octanol–water partition coefficient (Wildman–Crippen LogP) is 2.73. The maximum absolute atomic E-state index is 5.93. The third-order valence-corrected chi connectivity index (χ3v) is 3.23. The third-order valence-electron chi connectivity index (χ3n) is 3.23. The maximum atomic E-state index is 5.93. The quantitative estimate of drug-likeness (QED) is 0.778. The summed E-state index contributed by atoms with van der Waals surface area (Å²) in [7, 11) is 0. The van der Waals surface area contributed by atoms with E-state index in [0.29, 0.717) is 34.2 Å². The fraction of sp³-hybridized carbons (Fsp3) is 0.0667. The molecule has 0 radical (unpaired) electrons. The molecule has 1 aliphatic heterocycles. The minimum absolute atomic E-state index is 0.230. The molecular formula is C15H11N3O3. The van der Waals surface area contributed by atoms with Crippen LogP contribution in [-0.4, -0.2) is 16.8 Å². The summed E-state index contributed by atoms with van der Waals surface area (Å²) < 4.78 is 16.5. The first kappa shape index (κ1) is 11.8. The van der Waals surface area contributed by atoms with E-state index in [2.05, 4.69) is 9.97 Å². The van der Waals surface area contributed by atoms with E-state index in [4.69, 9.17) is 19.9 Å². The summed E-state index contributed by atoms with van der Waals surface area (Å²) in [6.45, 7) is 0.230. The Hall–Kier alpha value is -3.02. The molecule has 0 amide bonds. The first-order valence-corrected chi connectivity index (χ1v) is 6.38. The number of hydrogen-bond donors (Lipinski definition) is 1. The summed E-state index contributed by atoms with van der Waals surface area (Å²) in [5.41, 5.74) is 6.66. The number of nitrogens with zero attached hydrogens (tertiary/aromatic N) is 2.